The third kappa shape index (κ3) is 8.60. The number of nitrogens with one attached hydrogen (secondary N) is 4. The monoisotopic (exact) mass is 545 g/mol. The van der Waals surface area contributed by atoms with Gasteiger partial charge in [0.1, 0.15) is 6.04 Å². The van der Waals surface area contributed by atoms with Crippen molar-refractivity contribution in [2.75, 3.05) is 69.5 Å². The summed E-state index contributed by atoms with van der Waals surface area (Å²) in [6, 6.07) is 14.5. The van der Waals surface area contributed by atoms with E-state index in [1.54, 1.807) is 19.2 Å². The lowest BCUT2D eigenvalue weighted by Crippen LogP contribution is -2.42. The van der Waals surface area contributed by atoms with E-state index in [1.165, 1.54) is 12.7 Å². The second-order valence-electron chi connectivity index (χ2n) is 9.28. The summed E-state index contributed by atoms with van der Waals surface area (Å²) >= 11 is 0. The molecule has 0 unspecified atom stereocenters. The van der Waals surface area contributed by atoms with Gasteiger partial charge in [0.25, 0.3) is 0 Å². The minimum absolute atomic E-state index is 0.211. The van der Waals surface area contributed by atoms with E-state index < -0.39 is 12.0 Å². The van der Waals surface area contributed by atoms with Crippen molar-refractivity contribution in [1.29, 1.82) is 0 Å². The van der Waals surface area contributed by atoms with Gasteiger partial charge < -0.3 is 30.7 Å². The molecule has 40 heavy (non-hydrogen) atoms. The first-order valence-corrected chi connectivity index (χ1v) is 13.1. The predicted molar refractivity (Wildman–Crippen MR) is 154 cm³/mol. The van der Waals surface area contributed by atoms with Gasteiger partial charge in [-0.25, -0.2) is 9.64 Å². The summed E-state index contributed by atoms with van der Waals surface area (Å²) in [5.41, 5.74) is 3.43. The SMILES string of the molecule is [C-]#[N+]c1ccc(C[C@H](Nc2nc(NCCOC)nc(Nc3cccc(CN4CCNCC4)c3)n2)C(=O)OC)cc1. The summed E-state index contributed by atoms with van der Waals surface area (Å²) in [4.78, 5) is 32.0. The van der Waals surface area contributed by atoms with Gasteiger partial charge in [-0.3, -0.25) is 4.90 Å². The molecule has 0 saturated carbocycles. The molecule has 0 aliphatic carbocycles. The lowest BCUT2D eigenvalue weighted by Gasteiger charge is -2.27. The number of hydrogen-bond donors (Lipinski definition) is 4. The number of anilines is 4. The fourth-order valence-electron chi connectivity index (χ4n) is 4.28. The van der Waals surface area contributed by atoms with Crippen molar-refractivity contribution in [3.8, 4) is 0 Å². The minimum atomic E-state index is -0.756. The van der Waals surface area contributed by atoms with Crippen molar-refractivity contribution in [3.05, 3.63) is 71.1 Å². The largest absolute Gasteiger partial charge is 0.467 e. The molecule has 1 aliphatic heterocycles. The van der Waals surface area contributed by atoms with Crippen LogP contribution in [0.3, 0.4) is 0 Å². The quantitative estimate of drug-likeness (QED) is 0.144. The Balaban J connectivity index is 1.53. The first kappa shape index (κ1) is 28.7. The van der Waals surface area contributed by atoms with Gasteiger partial charge in [-0.1, -0.05) is 36.4 Å². The normalized spacial score (nSPS) is 14.1. The highest BCUT2D eigenvalue weighted by Gasteiger charge is 2.22. The summed E-state index contributed by atoms with van der Waals surface area (Å²) in [7, 11) is 2.96. The van der Waals surface area contributed by atoms with E-state index >= 15 is 0 Å². The summed E-state index contributed by atoms with van der Waals surface area (Å²) < 4.78 is 10.2. The van der Waals surface area contributed by atoms with E-state index in [-0.39, 0.29) is 5.95 Å². The Morgan fingerprint density at radius 3 is 2.52 bits per heavy atom. The van der Waals surface area contributed by atoms with Crippen LogP contribution in [0.4, 0.5) is 29.2 Å². The van der Waals surface area contributed by atoms with E-state index in [0.717, 1.165) is 44.0 Å². The smallest absolute Gasteiger partial charge is 0.328 e. The van der Waals surface area contributed by atoms with Crippen LogP contribution < -0.4 is 21.3 Å². The van der Waals surface area contributed by atoms with E-state index in [9.17, 15) is 4.79 Å². The summed E-state index contributed by atoms with van der Waals surface area (Å²) in [6.45, 7) is 13.0. The zero-order valence-corrected chi connectivity index (χ0v) is 22.8. The van der Waals surface area contributed by atoms with Crippen LogP contribution in [0.1, 0.15) is 11.1 Å². The third-order valence-corrected chi connectivity index (χ3v) is 6.32. The molecule has 1 aliphatic rings. The standard InChI is InChI=1S/C28H35N9O3/c1-29-22-9-7-20(8-10-22)18-24(25(38)40-3)33-28-35-26(31-13-16-39-2)34-27(36-28)32-23-6-4-5-21(17-23)19-37-14-11-30-12-15-37/h4-10,17,24,30H,11-16,18-19H2,2-3H3,(H3,31,32,33,34,35,36)/t24-/m0/s1. The van der Waals surface area contributed by atoms with Gasteiger partial charge in [-0.15, -0.1) is 0 Å². The summed E-state index contributed by atoms with van der Waals surface area (Å²) in [5.74, 6) is 0.405. The van der Waals surface area contributed by atoms with Crippen LogP contribution in [0, 0.1) is 6.57 Å². The molecule has 2 aromatic carbocycles. The van der Waals surface area contributed by atoms with Crippen molar-refractivity contribution >= 4 is 35.2 Å². The van der Waals surface area contributed by atoms with E-state index in [0.29, 0.717) is 37.2 Å². The number of piperazine rings is 1. The number of carbonyl (C=O) groups excluding carboxylic acids is 1. The van der Waals surface area contributed by atoms with Crippen molar-refractivity contribution in [2.24, 2.45) is 0 Å². The molecular weight excluding hydrogens is 510 g/mol. The number of rotatable bonds is 13. The van der Waals surface area contributed by atoms with Crippen LogP contribution in [0.25, 0.3) is 4.85 Å². The van der Waals surface area contributed by atoms with Crippen molar-refractivity contribution in [2.45, 2.75) is 19.0 Å². The molecule has 0 radical (unpaired) electrons. The summed E-state index contributed by atoms with van der Waals surface area (Å²) in [5, 5.41) is 12.9. The first-order chi connectivity index (χ1) is 19.6. The Hall–Kier alpha value is -4.31. The van der Waals surface area contributed by atoms with E-state index in [1.807, 2.05) is 24.3 Å². The molecule has 4 N–H and O–H groups in total. The van der Waals surface area contributed by atoms with Crippen LogP contribution in [-0.4, -0.2) is 85.4 Å². The molecule has 1 aromatic heterocycles. The number of ether oxygens (including phenoxy) is 2. The molecule has 3 aromatic rings. The zero-order valence-electron chi connectivity index (χ0n) is 22.8. The number of aromatic nitrogens is 3. The number of methoxy groups -OCH3 is 2. The van der Waals surface area contributed by atoms with Gasteiger partial charge in [-0.2, -0.15) is 15.0 Å². The maximum absolute atomic E-state index is 12.7. The highest BCUT2D eigenvalue weighted by molar-refractivity contribution is 5.79. The number of carbonyl (C=O) groups is 1. The molecule has 1 fully saturated rings. The van der Waals surface area contributed by atoms with Crippen molar-refractivity contribution in [3.63, 3.8) is 0 Å². The Kier molecular flexibility index (Phi) is 10.6. The average Bonchev–Trinajstić information content (AvgIpc) is 2.97. The van der Waals surface area contributed by atoms with Crippen molar-refractivity contribution in [1.82, 2.24) is 25.2 Å². The van der Waals surface area contributed by atoms with Crippen LogP contribution in [-0.2, 0) is 27.2 Å². The number of hydrogen-bond acceptors (Lipinski definition) is 11. The number of benzene rings is 2. The second-order valence-corrected chi connectivity index (χ2v) is 9.28. The molecular formula is C28H35N9O3. The molecule has 0 amide bonds. The van der Waals surface area contributed by atoms with Gasteiger partial charge in [0, 0.05) is 58.5 Å². The van der Waals surface area contributed by atoms with Gasteiger partial charge in [0.05, 0.1) is 20.3 Å². The van der Waals surface area contributed by atoms with Crippen LogP contribution >= 0.6 is 0 Å². The fraction of sp³-hybridized carbons (Fsp3) is 0.393. The molecule has 210 valence electrons. The van der Waals surface area contributed by atoms with Crippen LogP contribution in [0.2, 0.25) is 0 Å². The third-order valence-electron chi connectivity index (χ3n) is 6.32. The number of nitrogens with zero attached hydrogens (tertiary/aromatic N) is 5. The van der Waals surface area contributed by atoms with E-state index in [2.05, 4.69) is 58.1 Å². The van der Waals surface area contributed by atoms with Gasteiger partial charge in [-0.05, 0) is 23.3 Å². The second kappa shape index (κ2) is 14.7. The van der Waals surface area contributed by atoms with Crippen molar-refractivity contribution < 1.29 is 14.3 Å². The lowest BCUT2D eigenvalue weighted by atomic mass is 10.1. The molecule has 1 atom stereocenters. The van der Waals surface area contributed by atoms with Gasteiger partial charge in [0.15, 0.2) is 5.69 Å². The maximum Gasteiger partial charge on any atom is 0.328 e. The Morgan fingerprint density at radius 2 is 1.80 bits per heavy atom. The van der Waals surface area contributed by atoms with Gasteiger partial charge in [0.2, 0.25) is 17.8 Å². The average molecular weight is 546 g/mol. The molecule has 12 heteroatoms. The molecule has 12 nitrogen and oxygen atoms in total. The molecule has 4 rings (SSSR count). The van der Waals surface area contributed by atoms with Crippen LogP contribution in [0.15, 0.2) is 48.5 Å². The van der Waals surface area contributed by atoms with E-state index in [4.69, 9.17) is 16.0 Å². The molecule has 2 heterocycles. The van der Waals surface area contributed by atoms with Gasteiger partial charge >= 0.3 is 5.97 Å². The highest BCUT2D eigenvalue weighted by Crippen LogP contribution is 2.20. The fourth-order valence-corrected chi connectivity index (χ4v) is 4.28. The zero-order chi connectivity index (χ0) is 28.2. The predicted octanol–water partition coefficient (Wildman–Crippen LogP) is 2.83. The summed E-state index contributed by atoms with van der Waals surface area (Å²) in [6.07, 6.45) is 0.319. The molecule has 0 spiro atoms. The number of esters is 1. The Labute approximate surface area is 234 Å². The topological polar surface area (TPSA) is 130 Å². The highest BCUT2D eigenvalue weighted by atomic mass is 16.5. The molecule has 0 bridgehead atoms. The Bertz CT molecular complexity index is 1290. The Morgan fingerprint density at radius 1 is 1.05 bits per heavy atom. The minimum Gasteiger partial charge on any atom is -0.467 e. The maximum atomic E-state index is 12.7. The molecule has 1 saturated heterocycles. The lowest BCUT2D eigenvalue weighted by molar-refractivity contribution is -0.141. The first-order valence-electron chi connectivity index (χ1n) is 13.1. The van der Waals surface area contributed by atoms with Crippen LogP contribution in [0.5, 0.6) is 0 Å².